The Morgan fingerprint density at radius 3 is 1.82 bits per heavy atom. The van der Waals surface area contributed by atoms with Gasteiger partial charge in [0.05, 0.1) is 0 Å². The molecule has 56 heavy (non-hydrogen) atoms. The van der Waals surface area contributed by atoms with E-state index in [1.807, 2.05) is 0 Å². The third-order valence-corrected chi connectivity index (χ3v) is 12.6. The van der Waals surface area contributed by atoms with Gasteiger partial charge in [-0.15, -0.1) is 0 Å². The van der Waals surface area contributed by atoms with E-state index < -0.39 is 0 Å². The first-order chi connectivity index (χ1) is 27.5. The summed E-state index contributed by atoms with van der Waals surface area (Å²) < 4.78 is 6.60. The standard InChI is InChI=1S/C55H36O/c1-55(2)49-31-36(35-22-27-51-48(29-35)45-18-10-17-44-40(33-11-4-3-5-12-33)26-28-52(56-51)54(44)45)20-23-42(49)43-24-21-38(32-50(43)55)53-41-16-9-7-14-37(41)30-47-39-15-8-6-13-34(39)19-25-46(47)53/h3-32H,1-2H3. The van der Waals surface area contributed by atoms with Crippen LogP contribution in [0.4, 0.5) is 0 Å². The molecular formula is C55H36O. The number of rotatable bonds is 3. The van der Waals surface area contributed by atoms with E-state index in [1.54, 1.807) is 0 Å². The fourth-order valence-electron chi connectivity index (χ4n) is 9.88. The molecule has 0 fully saturated rings. The van der Waals surface area contributed by atoms with Gasteiger partial charge in [-0.2, -0.15) is 0 Å². The Hall–Kier alpha value is -6.96. The van der Waals surface area contributed by atoms with Gasteiger partial charge in [-0.1, -0.05) is 159 Å². The maximum Gasteiger partial charge on any atom is 0.135 e. The van der Waals surface area contributed by atoms with Crippen LogP contribution in [0.15, 0.2) is 182 Å². The SMILES string of the molecule is CC1(C)c2cc(-c3ccc4c(c3)-c3cccc5c(-c6ccccc6)ccc(c35)O4)ccc2-c2ccc(-c3c4ccccc4cc4c3ccc3ccccc34)cc21. The van der Waals surface area contributed by atoms with Crippen LogP contribution in [-0.4, -0.2) is 0 Å². The lowest BCUT2D eigenvalue weighted by Gasteiger charge is -2.24. The molecule has 262 valence electrons. The van der Waals surface area contributed by atoms with E-state index in [4.69, 9.17) is 4.74 Å². The Bertz CT molecular complexity index is 3290. The van der Waals surface area contributed by atoms with Gasteiger partial charge in [0.25, 0.3) is 0 Å². The van der Waals surface area contributed by atoms with Crippen LogP contribution in [0, 0.1) is 0 Å². The van der Waals surface area contributed by atoms with Crippen molar-refractivity contribution < 1.29 is 4.74 Å². The van der Waals surface area contributed by atoms with Gasteiger partial charge in [0, 0.05) is 16.4 Å². The second kappa shape index (κ2) is 11.5. The quantitative estimate of drug-likeness (QED) is 0.131. The van der Waals surface area contributed by atoms with Crippen molar-refractivity contribution >= 4 is 43.1 Å². The predicted octanol–water partition coefficient (Wildman–Crippen LogP) is 15.4. The number of ether oxygens (including phenoxy) is 1. The molecule has 0 saturated heterocycles. The van der Waals surface area contributed by atoms with Crippen molar-refractivity contribution in [2.75, 3.05) is 0 Å². The highest BCUT2D eigenvalue weighted by atomic mass is 16.5. The molecular weight excluding hydrogens is 677 g/mol. The summed E-state index contributed by atoms with van der Waals surface area (Å²) in [7, 11) is 0. The summed E-state index contributed by atoms with van der Waals surface area (Å²) in [6.07, 6.45) is 0. The highest BCUT2D eigenvalue weighted by molar-refractivity contribution is 6.20. The van der Waals surface area contributed by atoms with Crippen LogP contribution in [0.2, 0.25) is 0 Å². The third-order valence-electron chi connectivity index (χ3n) is 12.6. The Morgan fingerprint density at radius 1 is 0.339 bits per heavy atom. The highest BCUT2D eigenvalue weighted by Gasteiger charge is 2.36. The predicted molar refractivity (Wildman–Crippen MR) is 236 cm³/mol. The van der Waals surface area contributed by atoms with Gasteiger partial charge in [0.2, 0.25) is 0 Å². The lowest BCUT2D eigenvalue weighted by atomic mass is 9.80. The zero-order chi connectivity index (χ0) is 37.1. The number of benzene rings is 10. The molecule has 1 nitrogen and oxygen atoms in total. The lowest BCUT2D eigenvalue weighted by Crippen LogP contribution is -2.15. The molecule has 1 heteroatoms. The molecule has 10 aromatic carbocycles. The van der Waals surface area contributed by atoms with Crippen LogP contribution < -0.4 is 4.74 Å². The topological polar surface area (TPSA) is 9.23 Å². The fourth-order valence-corrected chi connectivity index (χ4v) is 9.88. The van der Waals surface area contributed by atoms with Crippen LogP contribution in [0.3, 0.4) is 0 Å². The summed E-state index contributed by atoms with van der Waals surface area (Å²) in [6.45, 7) is 4.78. The van der Waals surface area contributed by atoms with Gasteiger partial charge in [0.15, 0.2) is 0 Å². The lowest BCUT2D eigenvalue weighted by molar-refractivity contribution is 0.487. The number of hydrogen-bond acceptors (Lipinski definition) is 1. The van der Waals surface area contributed by atoms with Crippen LogP contribution >= 0.6 is 0 Å². The summed E-state index contributed by atoms with van der Waals surface area (Å²) in [5.74, 6) is 1.81. The van der Waals surface area contributed by atoms with Crippen LogP contribution in [0.1, 0.15) is 25.0 Å². The van der Waals surface area contributed by atoms with E-state index in [2.05, 4.69) is 196 Å². The largest absolute Gasteiger partial charge is 0.456 e. The molecule has 0 saturated carbocycles. The molecule has 2 aliphatic rings. The third kappa shape index (κ3) is 4.43. The van der Waals surface area contributed by atoms with Gasteiger partial charge < -0.3 is 4.74 Å². The van der Waals surface area contributed by atoms with Gasteiger partial charge in [-0.3, -0.25) is 0 Å². The molecule has 0 atom stereocenters. The summed E-state index contributed by atoms with van der Waals surface area (Å²) in [5, 5.41) is 10.1. The number of hydrogen-bond donors (Lipinski definition) is 0. The maximum atomic E-state index is 6.60. The van der Waals surface area contributed by atoms with Gasteiger partial charge in [-0.05, 0) is 135 Å². The van der Waals surface area contributed by atoms with E-state index in [0.717, 1.165) is 17.1 Å². The molecule has 0 amide bonds. The molecule has 12 rings (SSSR count). The average molecular weight is 713 g/mol. The molecule has 0 radical (unpaired) electrons. The molecule has 0 N–H and O–H groups in total. The first-order valence-electron chi connectivity index (χ1n) is 19.6. The van der Waals surface area contributed by atoms with Gasteiger partial charge in [-0.25, -0.2) is 0 Å². The summed E-state index contributed by atoms with van der Waals surface area (Å²) >= 11 is 0. The van der Waals surface area contributed by atoms with Crippen molar-refractivity contribution in [3.63, 3.8) is 0 Å². The second-order valence-corrected chi connectivity index (χ2v) is 16.0. The number of fused-ring (bicyclic) bond motifs is 9. The molecule has 1 aliphatic carbocycles. The minimum atomic E-state index is -0.181. The van der Waals surface area contributed by atoms with E-state index in [0.29, 0.717) is 0 Å². The second-order valence-electron chi connectivity index (χ2n) is 16.0. The van der Waals surface area contributed by atoms with Crippen molar-refractivity contribution in [2.45, 2.75) is 19.3 Å². The Morgan fingerprint density at radius 2 is 0.982 bits per heavy atom. The molecule has 0 bridgehead atoms. The summed E-state index contributed by atoms with van der Waals surface area (Å²) in [6, 6.07) is 67.1. The Balaban J connectivity index is 0.969. The average Bonchev–Trinajstić information content (AvgIpc) is 3.47. The van der Waals surface area contributed by atoms with Crippen LogP contribution in [-0.2, 0) is 5.41 Å². The minimum Gasteiger partial charge on any atom is -0.456 e. The van der Waals surface area contributed by atoms with Crippen molar-refractivity contribution in [1.82, 2.24) is 0 Å². The van der Waals surface area contributed by atoms with Crippen LogP contribution in [0.5, 0.6) is 11.5 Å². The highest BCUT2D eigenvalue weighted by Crippen LogP contribution is 2.53. The maximum absolute atomic E-state index is 6.60. The van der Waals surface area contributed by atoms with Crippen molar-refractivity contribution in [3.05, 3.63) is 193 Å². The van der Waals surface area contributed by atoms with Crippen molar-refractivity contribution in [2.24, 2.45) is 0 Å². The first-order valence-corrected chi connectivity index (χ1v) is 19.6. The first kappa shape index (κ1) is 31.4. The Kier molecular flexibility index (Phi) is 6.46. The minimum absolute atomic E-state index is 0.181. The molecule has 10 aromatic rings. The molecule has 0 aromatic heterocycles. The van der Waals surface area contributed by atoms with E-state index >= 15 is 0 Å². The fraction of sp³-hybridized carbons (Fsp3) is 0.0545. The monoisotopic (exact) mass is 712 g/mol. The van der Waals surface area contributed by atoms with Gasteiger partial charge >= 0.3 is 0 Å². The zero-order valence-electron chi connectivity index (χ0n) is 31.2. The molecule has 1 aliphatic heterocycles. The van der Waals surface area contributed by atoms with E-state index in [1.165, 1.54) is 104 Å². The molecule has 1 heterocycles. The Labute approximate surface area is 326 Å². The van der Waals surface area contributed by atoms with Crippen molar-refractivity contribution in [1.29, 1.82) is 0 Å². The van der Waals surface area contributed by atoms with E-state index in [-0.39, 0.29) is 5.41 Å². The van der Waals surface area contributed by atoms with Crippen molar-refractivity contribution in [3.8, 4) is 67.1 Å². The van der Waals surface area contributed by atoms with Crippen LogP contribution in [0.25, 0.3) is 98.7 Å². The summed E-state index contributed by atoms with van der Waals surface area (Å²) in [5.41, 5.74) is 15.0. The molecule has 0 spiro atoms. The normalized spacial score (nSPS) is 13.5. The molecule has 0 unspecified atom stereocenters. The van der Waals surface area contributed by atoms with E-state index in [9.17, 15) is 0 Å². The zero-order valence-corrected chi connectivity index (χ0v) is 31.2. The summed E-state index contributed by atoms with van der Waals surface area (Å²) in [4.78, 5) is 0. The smallest absolute Gasteiger partial charge is 0.135 e. The van der Waals surface area contributed by atoms with Gasteiger partial charge in [0.1, 0.15) is 11.5 Å².